The summed E-state index contributed by atoms with van der Waals surface area (Å²) < 4.78 is 59.7. The van der Waals surface area contributed by atoms with Gasteiger partial charge in [0.1, 0.15) is 18.4 Å². The van der Waals surface area contributed by atoms with Crippen LogP contribution in [0.3, 0.4) is 0 Å². The average Bonchev–Trinajstić information content (AvgIpc) is 2.90. The molecule has 0 atom stereocenters. The maximum atomic E-state index is 13.7. The molecule has 2 aromatic rings. The van der Waals surface area contributed by atoms with Gasteiger partial charge >= 0.3 is 6.18 Å². The van der Waals surface area contributed by atoms with Crippen LogP contribution >= 0.6 is 15.9 Å². The fourth-order valence-corrected chi connectivity index (χ4v) is 3.06. The van der Waals surface area contributed by atoms with Crippen molar-refractivity contribution in [3.63, 3.8) is 0 Å². The third-order valence-corrected chi connectivity index (χ3v) is 5.82. The number of benzene rings is 1. The minimum Gasteiger partial charge on any atom is -0.361 e. The van der Waals surface area contributed by atoms with Gasteiger partial charge in [-0.3, -0.25) is 0 Å². The zero-order valence-corrected chi connectivity index (χ0v) is 16.7. The Morgan fingerprint density at radius 3 is 2.48 bits per heavy atom. The van der Waals surface area contributed by atoms with Gasteiger partial charge < -0.3 is 9.30 Å². The number of imidazole rings is 1. The van der Waals surface area contributed by atoms with Crippen molar-refractivity contribution in [2.45, 2.75) is 38.6 Å². The maximum Gasteiger partial charge on any atom is 0.434 e. The number of hydrogen-bond donors (Lipinski definition) is 0. The van der Waals surface area contributed by atoms with Crippen LogP contribution in [0.2, 0.25) is 25.7 Å². The van der Waals surface area contributed by atoms with Crippen LogP contribution in [-0.4, -0.2) is 24.2 Å². The molecule has 0 fully saturated rings. The molecule has 0 saturated carbocycles. The summed E-state index contributed by atoms with van der Waals surface area (Å²) in [5, 5.41) is 0. The third-order valence-electron chi connectivity index (χ3n) is 3.47. The fourth-order valence-electron chi connectivity index (χ4n) is 2.06. The van der Waals surface area contributed by atoms with Crippen molar-refractivity contribution in [3.8, 4) is 11.4 Å². The van der Waals surface area contributed by atoms with Crippen LogP contribution in [-0.2, 0) is 17.6 Å². The number of aromatic nitrogens is 2. The van der Waals surface area contributed by atoms with E-state index in [9.17, 15) is 17.6 Å². The Balaban J connectivity index is 2.27. The van der Waals surface area contributed by atoms with Crippen LogP contribution in [0.1, 0.15) is 5.69 Å². The van der Waals surface area contributed by atoms with E-state index in [0.717, 1.165) is 18.3 Å². The van der Waals surface area contributed by atoms with E-state index in [1.807, 2.05) is 0 Å². The lowest BCUT2D eigenvalue weighted by atomic mass is 10.2. The summed E-state index contributed by atoms with van der Waals surface area (Å²) in [7, 11) is -1.30. The van der Waals surface area contributed by atoms with Gasteiger partial charge in [-0.05, 0) is 40.2 Å². The van der Waals surface area contributed by atoms with Crippen molar-refractivity contribution < 1.29 is 22.3 Å². The molecule has 0 radical (unpaired) electrons. The molecule has 0 N–H and O–H groups in total. The number of nitrogens with zero attached hydrogens (tertiary/aromatic N) is 2. The molecule has 2 rings (SSSR count). The van der Waals surface area contributed by atoms with E-state index in [1.165, 1.54) is 16.7 Å². The lowest BCUT2D eigenvalue weighted by Crippen LogP contribution is -2.22. The van der Waals surface area contributed by atoms with Crippen molar-refractivity contribution in [2.75, 3.05) is 6.61 Å². The molecule has 138 valence electrons. The highest BCUT2D eigenvalue weighted by Gasteiger charge is 2.35. The highest BCUT2D eigenvalue weighted by atomic mass is 79.9. The van der Waals surface area contributed by atoms with E-state index in [2.05, 4.69) is 40.6 Å². The molecule has 1 aromatic heterocycles. The molecule has 0 aliphatic rings. The van der Waals surface area contributed by atoms with Gasteiger partial charge in [0.2, 0.25) is 0 Å². The first-order valence-corrected chi connectivity index (χ1v) is 12.1. The van der Waals surface area contributed by atoms with Gasteiger partial charge in [-0.1, -0.05) is 19.6 Å². The molecule has 0 saturated heterocycles. The van der Waals surface area contributed by atoms with Crippen LogP contribution in [0, 0.1) is 5.82 Å². The summed E-state index contributed by atoms with van der Waals surface area (Å²) in [5.41, 5.74) is -0.774. The molecule has 0 spiro atoms. The molecule has 3 nitrogen and oxygen atoms in total. The predicted octanol–water partition coefficient (Wildman–Crippen LogP) is 5.78. The number of ether oxygens (including phenoxy) is 1. The molecular formula is C16H19BrF4N2OSi. The van der Waals surface area contributed by atoms with Gasteiger partial charge in [-0.25, -0.2) is 9.37 Å². The average molecular weight is 439 g/mol. The summed E-state index contributed by atoms with van der Waals surface area (Å²) in [6.45, 7) is 6.95. The fraction of sp³-hybridized carbons (Fsp3) is 0.438. The lowest BCUT2D eigenvalue weighted by Gasteiger charge is -2.16. The first-order valence-electron chi connectivity index (χ1n) is 7.65. The second-order valence-corrected chi connectivity index (χ2v) is 13.4. The SMILES string of the molecule is C[Si](C)(C)CCOCn1cc(C(F)(F)F)nc1-c1ccc(Br)c(F)c1. The number of halogens is 5. The van der Waals surface area contributed by atoms with Gasteiger partial charge in [-0.2, -0.15) is 13.2 Å². The Labute approximate surface area is 153 Å². The monoisotopic (exact) mass is 438 g/mol. The van der Waals surface area contributed by atoms with Crippen LogP contribution in [0.4, 0.5) is 17.6 Å². The lowest BCUT2D eigenvalue weighted by molar-refractivity contribution is -0.141. The van der Waals surface area contributed by atoms with Gasteiger partial charge in [-0.15, -0.1) is 0 Å². The minimum absolute atomic E-state index is 0.0201. The van der Waals surface area contributed by atoms with E-state index in [-0.39, 0.29) is 22.6 Å². The predicted molar refractivity (Wildman–Crippen MR) is 94.4 cm³/mol. The molecular weight excluding hydrogens is 420 g/mol. The van der Waals surface area contributed by atoms with Crippen molar-refractivity contribution in [2.24, 2.45) is 0 Å². The maximum absolute atomic E-state index is 13.7. The minimum atomic E-state index is -4.58. The Morgan fingerprint density at radius 1 is 1.24 bits per heavy atom. The van der Waals surface area contributed by atoms with Gasteiger partial charge in [0.25, 0.3) is 0 Å². The zero-order valence-electron chi connectivity index (χ0n) is 14.1. The Morgan fingerprint density at radius 2 is 1.92 bits per heavy atom. The number of alkyl halides is 3. The van der Waals surface area contributed by atoms with Crippen LogP contribution < -0.4 is 0 Å². The highest BCUT2D eigenvalue weighted by molar-refractivity contribution is 9.10. The van der Waals surface area contributed by atoms with Crippen LogP contribution in [0.5, 0.6) is 0 Å². The van der Waals surface area contributed by atoms with Gasteiger partial charge in [0, 0.05) is 26.4 Å². The van der Waals surface area contributed by atoms with E-state index < -0.39 is 25.8 Å². The molecule has 0 unspecified atom stereocenters. The van der Waals surface area contributed by atoms with Crippen molar-refractivity contribution in [3.05, 3.63) is 40.4 Å². The number of hydrogen-bond acceptors (Lipinski definition) is 2. The summed E-state index contributed by atoms with van der Waals surface area (Å²) in [6.07, 6.45) is -3.68. The summed E-state index contributed by atoms with van der Waals surface area (Å²) >= 11 is 3.02. The first-order chi connectivity index (χ1) is 11.5. The normalized spacial score (nSPS) is 12.6. The van der Waals surface area contributed by atoms with Crippen LogP contribution in [0.15, 0.2) is 28.9 Å². The molecule has 0 amide bonds. The van der Waals surface area contributed by atoms with E-state index in [0.29, 0.717) is 6.61 Å². The Hall–Kier alpha value is -1.19. The van der Waals surface area contributed by atoms with E-state index >= 15 is 0 Å². The quantitative estimate of drug-likeness (QED) is 0.324. The van der Waals surface area contributed by atoms with Gasteiger partial charge in [0.05, 0.1) is 4.47 Å². The summed E-state index contributed by atoms with van der Waals surface area (Å²) in [6, 6.07) is 4.98. The molecule has 0 bridgehead atoms. The van der Waals surface area contributed by atoms with Crippen molar-refractivity contribution >= 4 is 24.0 Å². The second-order valence-electron chi connectivity index (χ2n) is 6.89. The molecule has 1 heterocycles. The highest BCUT2D eigenvalue weighted by Crippen LogP contribution is 2.32. The molecule has 1 aromatic carbocycles. The second kappa shape index (κ2) is 7.59. The van der Waals surface area contributed by atoms with Crippen molar-refractivity contribution in [1.82, 2.24) is 9.55 Å². The van der Waals surface area contributed by atoms with E-state index in [1.54, 1.807) is 0 Å². The zero-order chi connectivity index (χ0) is 18.8. The van der Waals surface area contributed by atoms with Gasteiger partial charge in [0.15, 0.2) is 5.69 Å². The molecule has 0 aliphatic heterocycles. The molecule has 9 heteroatoms. The number of rotatable bonds is 6. The topological polar surface area (TPSA) is 27.1 Å². The van der Waals surface area contributed by atoms with Crippen molar-refractivity contribution in [1.29, 1.82) is 0 Å². The Kier molecular flexibility index (Phi) is 6.11. The Bertz CT molecular complexity index is 741. The molecule has 0 aliphatic carbocycles. The standard InChI is InChI=1S/C16H19BrF4N2OSi/c1-25(2,3)7-6-24-10-23-9-14(16(19,20)21)22-15(23)11-4-5-12(17)13(18)8-11/h4-5,8-9H,6-7,10H2,1-3H3. The summed E-state index contributed by atoms with van der Waals surface area (Å²) in [5.74, 6) is -0.549. The smallest absolute Gasteiger partial charge is 0.361 e. The van der Waals surface area contributed by atoms with Crippen LogP contribution in [0.25, 0.3) is 11.4 Å². The molecule has 25 heavy (non-hydrogen) atoms. The third kappa shape index (κ3) is 5.65. The van der Waals surface area contributed by atoms with E-state index in [4.69, 9.17) is 4.74 Å². The largest absolute Gasteiger partial charge is 0.434 e. The summed E-state index contributed by atoms with van der Waals surface area (Å²) in [4.78, 5) is 3.63. The first kappa shape index (κ1) is 20.1.